The molecule has 0 bridgehead atoms. The Hall–Kier alpha value is -3.04. The Morgan fingerprint density at radius 2 is 1.97 bits per heavy atom. The summed E-state index contributed by atoms with van der Waals surface area (Å²) < 4.78 is 13.1. The van der Waals surface area contributed by atoms with E-state index in [1.165, 1.54) is 25.7 Å². The number of imidazole rings is 1. The van der Waals surface area contributed by atoms with Gasteiger partial charge >= 0.3 is 5.76 Å². The van der Waals surface area contributed by atoms with Crippen LogP contribution in [0.15, 0.2) is 33.8 Å². The first-order chi connectivity index (χ1) is 17.4. The molecule has 0 aliphatic heterocycles. The Kier molecular flexibility index (Phi) is 6.94. The van der Waals surface area contributed by atoms with Crippen LogP contribution in [0.2, 0.25) is 5.02 Å². The Balaban J connectivity index is 1.77. The van der Waals surface area contributed by atoms with Gasteiger partial charge in [-0.1, -0.05) is 36.5 Å². The van der Waals surface area contributed by atoms with Crippen molar-refractivity contribution in [2.75, 3.05) is 6.61 Å². The highest BCUT2D eigenvalue weighted by atomic mass is 35.5. The molecule has 1 aliphatic carbocycles. The summed E-state index contributed by atoms with van der Waals surface area (Å²) in [7, 11) is 0. The van der Waals surface area contributed by atoms with Gasteiger partial charge in [-0.15, -0.1) is 0 Å². The summed E-state index contributed by atoms with van der Waals surface area (Å²) in [4.78, 5) is 28.5. The average molecular weight is 511 g/mol. The molecule has 190 valence electrons. The van der Waals surface area contributed by atoms with Crippen molar-refractivity contribution in [2.24, 2.45) is 11.8 Å². The normalized spacial score (nSPS) is 20.0. The summed E-state index contributed by atoms with van der Waals surface area (Å²) in [6, 6.07) is 3.85. The van der Waals surface area contributed by atoms with Crippen molar-refractivity contribution in [1.29, 1.82) is 0 Å². The van der Waals surface area contributed by atoms with Gasteiger partial charge in [0.15, 0.2) is 0 Å². The van der Waals surface area contributed by atoms with E-state index in [0.717, 1.165) is 28.3 Å². The second-order valence-corrected chi connectivity index (χ2v) is 10.2. The van der Waals surface area contributed by atoms with Crippen LogP contribution in [0, 0.1) is 11.8 Å². The van der Waals surface area contributed by atoms with E-state index < -0.39 is 5.76 Å². The number of nitrogens with one attached hydrogen (secondary N) is 1. The largest absolute Gasteiger partial charge is 0.439 e. The van der Waals surface area contributed by atoms with Crippen molar-refractivity contribution in [3.05, 3.63) is 45.9 Å². The monoisotopic (exact) mass is 510 g/mol. The summed E-state index contributed by atoms with van der Waals surface area (Å²) in [6.45, 7) is 9.20. The van der Waals surface area contributed by atoms with E-state index in [0.29, 0.717) is 28.9 Å². The molecular formula is C26H31ClN6O3. The van der Waals surface area contributed by atoms with Crippen molar-refractivity contribution < 1.29 is 9.26 Å². The number of fused-ring (bicyclic) bond motifs is 1. The van der Waals surface area contributed by atoms with Crippen LogP contribution < -0.4 is 5.76 Å². The van der Waals surface area contributed by atoms with Gasteiger partial charge in [-0.05, 0) is 57.6 Å². The number of halogens is 1. The van der Waals surface area contributed by atoms with E-state index in [1.54, 1.807) is 12.4 Å². The fourth-order valence-corrected chi connectivity index (χ4v) is 5.52. The summed E-state index contributed by atoms with van der Waals surface area (Å²) >= 11 is 6.33. The number of rotatable bonds is 7. The third-order valence-electron chi connectivity index (χ3n) is 7.29. The smallest absolute Gasteiger partial charge is 0.371 e. The minimum absolute atomic E-state index is 0.186. The highest BCUT2D eigenvalue weighted by molar-refractivity contribution is 6.30. The van der Waals surface area contributed by atoms with E-state index in [2.05, 4.69) is 33.5 Å². The molecule has 1 fully saturated rings. The lowest BCUT2D eigenvalue weighted by atomic mass is 9.79. The second kappa shape index (κ2) is 10.1. The lowest BCUT2D eigenvalue weighted by Crippen LogP contribution is -2.24. The van der Waals surface area contributed by atoms with Gasteiger partial charge < -0.3 is 9.30 Å². The van der Waals surface area contributed by atoms with Crippen LogP contribution in [0.1, 0.15) is 71.3 Å². The lowest BCUT2D eigenvalue weighted by Gasteiger charge is -2.33. The molecule has 0 amide bonds. The molecule has 0 saturated heterocycles. The first-order valence-electron chi connectivity index (χ1n) is 12.6. The van der Waals surface area contributed by atoms with E-state index in [1.807, 2.05) is 26.0 Å². The molecule has 5 rings (SSSR count). The number of nitrogens with zero attached hydrogens (tertiary/aromatic N) is 5. The van der Waals surface area contributed by atoms with Crippen LogP contribution in [-0.2, 0) is 4.74 Å². The Labute approximate surface area is 214 Å². The van der Waals surface area contributed by atoms with Gasteiger partial charge in [-0.25, -0.2) is 14.8 Å². The van der Waals surface area contributed by atoms with Crippen LogP contribution >= 0.6 is 11.6 Å². The molecule has 4 aromatic rings. The molecule has 0 aromatic carbocycles. The predicted octanol–water partition coefficient (Wildman–Crippen LogP) is 5.97. The van der Waals surface area contributed by atoms with Crippen molar-refractivity contribution in [1.82, 2.24) is 29.7 Å². The molecular weight excluding hydrogens is 480 g/mol. The molecule has 0 spiro atoms. The van der Waals surface area contributed by atoms with Gasteiger partial charge in [0.25, 0.3) is 0 Å². The zero-order valence-corrected chi connectivity index (χ0v) is 21.7. The third-order valence-corrected chi connectivity index (χ3v) is 7.49. The minimum atomic E-state index is -0.644. The van der Waals surface area contributed by atoms with Crippen molar-refractivity contribution >= 4 is 22.6 Å². The number of pyridine rings is 2. The number of aromatic amines is 1. The fraction of sp³-hybridized carbons (Fsp3) is 0.500. The number of hydrogen-bond acceptors (Lipinski definition) is 7. The number of aromatic nitrogens is 6. The van der Waals surface area contributed by atoms with Crippen LogP contribution in [-0.4, -0.2) is 36.3 Å². The predicted molar refractivity (Wildman–Crippen MR) is 138 cm³/mol. The van der Waals surface area contributed by atoms with Crippen LogP contribution in [0.25, 0.3) is 33.8 Å². The van der Waals surface area contributed by atoms with E-state index >= 15 is 0 Å². The standard InChI is InChI=1S/C26H31ClN6O3/c1-5-35-16(4)25-30-20-11-21(24-31-26(34)36-32-24)29-22(18-10-19(27)13-28-12-18)23(20)33(25)15(3)17-8-6-14(2)7-9-17/h10-17H,5-9H2,1-4H3,(H,31,32,34). The summed E-state index contributed by atoms with van der Waals surface area (Å²) in [5.74, 6) is 1.72. The molecule has 1 N–H and O–H groups in total. The number of hydrogen-bond donors (Lipinski definition) is 1. The van der Waals surface area contributed by atoms with Gasteiger partial charge in [-0.2, -0.15) is 0 Å². The Morgan fingerprint density at radius 1 is 1.19 bits per heavy atom. The van der Waals surface area contributed by atoms with Crippen LogP contribution in [0.4, 0.5) is 0 Å². The van der Waals surface area contributed by atoms with Crippen molar-refractivity contribution in [3.63, 3.8) is 0 Å². The first kappa shape index (κ1) is 24.6. The van der Waals surface area contributed by atoms with Gasteiger partial charge in [-0.3, -0.25) is 14.5 Å². The topological polar surface area (TPSA) is 112 Å². The van der Waals surface area contributed by atoms with E-state index in [9.17, 15) is 4.79 Å². The molecule has 1 aliphatic rings. The molecule has 10 heteroatoms. The van der Waals surface area contributed by atoms with Gasteiger partial charge in [0.05, 0.1) is 21.7 Å². The molecule has 36 heavy (non-hydrogen) atoms. The molecule has 1 saturated carbocycles. The highest BCUT2D eigenvalue weighted by Crippen LogP contribution is 2.41. The molecule has 2 unspecified atom stereocenters. The SMILES string of the molecule is CCOC(C)c1nc2cc(-c3noc(=O)[nH]3)nc(-c3cncc(Cl)c3)c2n1C(C)C1CCC(C)CC1. The maximum atomic E-state index is 11.7. The Morgan fingerprint density at radius 3 is 2.64 bits per heavy atom. The minimum Gasteiger partial charge on any atom is -0.371 e. The fourth-order valence-electron chi connectivity index (χ4n) is 5.35. The van der Waals surface area contributed by atoms with Crippen molar-refractivity contribution in [2.45, 2.75) is 65.5 Å². The lowest BCUT2D eigenvalue weighted by molar-refractivity contribution is 0.0649. The number of ether oxygens (including phenoxy) is 1. The third kappa shape index (κ3) is 4.69. The molecule has 4 aromatic heterocycles. The molecule has 4 heterocycles. The maximum absolute atomic E-state index is 11.7. The molecule has 2 atom stereocenters. The van der Waals surface area contributed by atoms with Gasteiger partial charge in [0.1, 0.15) is 17.6 Å². The van der Waals surface area contributed by atoms with Crippen LogP contribution in [0.3, 0.4) is 0 Å². The maximum Gasteiger partial charge on any atom is 0.439 e. The number of H-pyrrole nitrogens is 1. The first-order valence-corrected chi connectivity index (χ1v) is 12.9. The quantitative estimate of drug-likeness (QED) is 0.325. The summed E-state index contributed by atoms with van der Waals surface area (Å²) in [6.07, 6.45) is 7.91. The second-order valence-electron chi connectivity index (χ2n) is 9.76. The zero-order valence-electron chi connectivity index (χ0n) is 21.0. The van der Waals surface area contributed by atoms with E-state index in [-0.39, 0.29) is 18.0 Å². The molecule has 0 radical (unpaired) electrons. The van der Waals surface area contributed by atoms with Crippen LogP contribution in [0.5, 0.6) is 0 Å². The molecule has 9 nitrogen and oxygen atoms in total. The van der Waals surface area contributed by atoms with E-state index in [4.69, 9.17) is 30.8 Å². The average Bonchev–Trinajstić information content (AvgIpc) is 3.47. The van der Waals surface area contributed by atoms with Gasteiger partial charge in [0.2, 0.25) is 5.82 Å². The summed E-state index contributed by atoms with van der Waals surface area (Å²) in [5.41, 5.74) is 3.49. The Bertz CT molecular complexity index is 1420. The summed E-state index contributed by atoms with van der Waals surface area (Å²) in [5, 5.41) is 4.35. The highest BCUT2D eigenvalue weighted by Gasteiger charge is 2.31. The zero-order chi connectivity index (χ0) is 25.4. The van der Waals surface area contributed by atoms with Gasteiger partial charge in [0, 0.05) is 30.6 Å². The van der Waals surface area contributed by atoms with Crippen molar-refractivity contribution in [3.8, 4) is 22.8 Å².